The summed E-state index contributed by atoms with van der Waals surface area (Å²) in [5.41, 5.74) is 6.78. The van der Waals surface area contributed by atoms with Gasteiger partial charge < -0.3 is 9.47 Å². The SMILES string of the molecule is CC(C)NNC(C)C.CCCCCCCCOC(=O)c1ccccc1C(=O)OCCCCCCCC. The lowest BCUT2D eigenvalue weighted by Crippen LogP contribution is -2.41. The Kier molecular flexibility index (Phi) is 22.2. The van der Waals surface area contributed by atoms with E-state index in [2.05, 4.69) is 52.4 Å². The van der Waals surface area contributed by atoms with Gasteiger partial charge in [-0.05, 0) is 52.7 Å². The van der Waals surface area contributed by atoms with Gasteiger partial charge in [0.1, 0.15) is 0 Å². The first-order valence-electron chi connectivity index (χ1n) is 14.3. The molecule has 0 spiro atoms. The topological polar surface area (TPSA) is 76.7 Å². The van der Waals surface area contributed by atoms with Gasteiger partial charge >= 0.3 is 11.9 Å². The molecule has 6 heteroatoms. The van der Waals surface area contributed by atoms with Crippen molar-refractivity contribution < 1.29 is 19.1 Å². The monoisotopic (exact) mass is 506 g/mol. The van der Waals surface area contributed by atoms with Crippen LogP contribution in [0.25, 0.3) is 0 Å². The third kappa shape index (κ3) is 19.3. The molecule has 2 N–H and O–H groups in total. The summed E-state index contributed by atoms with van der Waals surface area (Å²) in [7, 11) is 0. The van der Waals surface area contributed by atoms with Crippen LogP contribution in [0.4, 0.5) is 0 Å². The van der Waals surface area contributed by atoms with Gasteiger partial charge in [0.15, 0.2) is 0 Å². The van der Waals surface area contributed by atoms with Crippen LogP contribution in [0.15, 0.2) is 24.3 Å². The summed E-state index contributed by atoms with van der Waals surface area (Å²) in [6.45, 7) is 13.6. The minimum absolute atomic E-state index is 0.293. The van der Waals surface area contributed by atoms with E-state index in [1.807, 2.05) is 0 Å². The smallest absolute Gasteiger partial charge is 0.339 e. The Bertz CT molecular complexity index is 620. The van der Waals surface area contributed by atoms with Crippen LogP contribution in [0, 0.1) is 0 Å². The molecule has 0 aliphatic heterocycles. The summed E-state index contributed by atoms with van der Waals surface area (Å²) in [6.07, 6.45) is 13.6. The number of benzene rings is 1. The Labute approximate surface area is 221 Å². The molecule has 0 saturated carbocycles. The van der Waals surface area contributed by atoms with Crippen molar-refractivity contribution in [3.63, 3.8) is 0 Å². The van der Waals surface area contributed by atoms with Crippen LogP contribution in [0.3, 0.4) is 0 Å². The normalized spacial score (nSPS) is 10.8. The first-order chi connectivity index (χ1) is 17.3. The van der Waals surface area contributed by atoms with Crippen molar-refractivity contribution in [2.45, 2.75) is 131 Å². The molecule has 0 aliphatic rings. The third-order valence-corrected chi connectivity index (χ3v) is 5.49. The maximum atomic E-state index is 12.4. The van der Waals surface area contributed by atoms with Crippen LogP contribution < -0.4 is 10.9 Å². The van der Waals surface area contributed by atoms with Crippen molar-refractivity contribution in [1.29, 1.82) is 0 Å². The Hall–Kier alpha value is -1.92. The molecule has 6 nitrogen and oxygen atoms in total. The van der Waals surface area contributed by atoms with Crippen LogP contribution in [-0.2, 0) is 9.47 Å². The highest BCUT2D eigenvalue weighted by atomic mass is 16.5. The van der Waals surface area contributed by atoms with Crippen molar-refractivity contribution in [3.05, 3.63) is 35.4 Å². The fraction of sp³-hybridized carbons (Fsp3) is 0.733. The molecule has 1 aromatic carbocycles. The molecule has 0 saturated heterocycles. The van der Waals surface area contributed by atoms with E-state index >= 15 is 0 Å². The molecule has 36 heavy (non-hydrogen) atoms. The Morgan fingerprint density at radius 1 is 0.611 bits per heavy atom. The number of carbonyl (C=O) groups excluding carboxylic acids is 2. The van der Waals surface area contributed by atoms with Crippen LogP contribution in [0.5, 0.6) is 0 Å². The van der Waals surface area contributed by atoms with Crippen molar-refractivity contribution in [2.75, 3.05) is 13.2 Å². The van der Waals surface area contributed by atoms with E-state index in [4.69, 9.17) is 9.47 Å². The highest BCUT2D eigenvalue weighted by Crippen LogP contribution is 2.14. The molecule has 0 radical (unpaired) electrons. The van der Waals surface area contributed by atoms with Gasteiger partial charge in [0.25, 0.3) is 0 Å². The molecule has 0 aliphatic carbocycles. The van der Waals surface area contributed by atoms with Crippen molar-refractivity contribution in [2.24, 2.45) is 0 Å². The lowest BCUT2D eigenvalue weighted by Gasteiger charge is -2.11. The molecule has 0 aromatic heterocycles. The molecule has 0 heterocycles. The minimum Gasteiger partial charge on any atom is -0.462 e. The summed E-state index contributed by atoms with van der Waals surface area (Å²) in [4.78, 5) is 24.7. The molecule has 0 bridgehead atoms. The second kappa shape index (κ2) is 23.5. The maximum Gasteiger partial charge on any atom is 0.339 e. The molecule has 1 aromatic rings. The Balaban J connectivity index is 0.00000131. The maximum absolute atomic E-state index is 12.4. The average Bonchev–Trinajstić information content (AvgIpc) is 2.86. The van der Waals surface area contributed by atoms with Gasteiger partial charge in [0, 0.05) is 12.1 Å². The van der Waals surface area contributed by atoms with Crippen LogP contribution in [-0.4, -0.2) is 37.2 Å². The fourth-order valence-electron chi connectivity index (χ4n) is 3.42. The first kappa shape index (κ1) is 34.1. The Morgan fingerprint density at radius 2 is 0.944 bits per heavy atom. The van der Waals surface area contributed by atoms with Gasteiger partial charge in [-0.1, -0.05) is 90.2 Å². The summed E-state index contributed by atoms with van der Waals surface area (Å²) >= 11 is 0. The fourth-order valence-corrected chi connectivity index (χ4v) is 3.42. The van der Waals surface area contributed by atoms with E-state index in [1.165, 1.54) is 51.4 Å². The second-order valence-electron chi connectivity index (χ2n) is 9.95. The lowest BCUT2D eigenvalue weighted by molar-refractivity contribution is 0.0450. The highest BCUT2D eigenvalue weighted by Gasteiger charge is 2.18. The van der Waals surface area contributed by atoms with Crippen LogP contribution >= 0.6 is 0 Å². The van der Waals surface area contributed by atoms with Crippen LogP contribution in [0.1, 0.15) is 139 Å². The summed E-state index contributed by atoms with van der Waals surface area (Å²) in [6, 6.07) is 7.79. The molecule has 0 amide bonds. The predicted molar refractivity (Wildman–Crippen MR) is 150 cm³/mol. The quantitative estimate of drug-likeness (QED) is 0.114. The van der Waals surface area contributed by atoms with Gasteiger partial charge in [-0.15, -0.1) is 0 Å². The molecular formula is C30H54N2O4. The first-order valence-corrected chi connectivity index (χ1v) is 14.3. The zero-order chi connectivity index (χ0) is 27.0. The van der Waals surface area contributed by atoms with Crippen molar-refractivity contribution in [3.8, 4) is 0 Å². The molecule has 0 unspecified atom stereocenters. The third-order valence-electron chi connectivity index (χ3n) is 5.49. The van der Waals surface area contributed by atoms with E-state index in [0.29, 0.717) is 36.4 Å². The highest BCUT2D eigenvalue weighted by molar-refractivity contribution is 6.03. The summed E-state index contributed by atoms with van der Waals surface area (Å²) in [5, 5.41) is 0. The standard InChI is InChI=1S/C24H38O4.C6H16N2/c1-3-5-7-9-11-15-19-27-23(25)21-17-13-14-18-22(21)24(26)28-20-16-12-10-8-6-4-2;1-5(2)7-8-6(3)4/h13-14,17-18H,3-12,15-16,19-20H2,1-2H3;5-8H,1-4H3. The van der Waals surface area contributed by atoms with Gasteiger partial charge in [-0.2, -0.15) is 0 Å². The lowest BCUT2D eigenvalue weighted by atomic mass is 10.1. The zero-order valence-corrected chi connectivity index (χ0v) is 24.0. The van der Waals surface area contributed by atoms with E-state index < -0.39 is 11.9 Å². The number of ether oxygens (including phenoxy) is 2. The van der Waals surface area contributed by atoms with E-state index in [9.17, 15) is 9.59 Å². The zero-order valence-electron chi connectivity index (χ0n) is 24.0. The second-order valence-corrected chi connectivity index (χ2v) is 9.95. The number of rotatable bonds is 19. The van der Waals surface area contributed by atoms with Crippen molar-refractivity contribution in [1.82, 2.24) is 10.9 Å². The largest absolute Gasteiger partial charge is 0.462 e. The number of esters is 2. The molecule has 0 fully saturated rings. The molecular weight excluding hydrogens is 452 g/mol. The van der Waals surface area contributed by atoms with E-state index in [-0.39, 0.29) is 0 Å². The number of hydrogen-bond acceptors (Lipinski definition) is 6. The van der Waals surface area contributed by atoms with E-state index in [1.54, 1.807) is 24.3 Å². The summed E-state index contributed by atoms with van der Waals surface area (Å²) in [5.74, 6) is -0.888. The van der Waals surface area contributed by atoms with Gasteiger partial charge in [-0.25, -0.2) is 9.59 Å². The average molecular weight is 507 g/mol. The number of unbranched alkanes of at least 4 members (excludes halogenated alkanes) is 10. The minimum atomic E-state index is -0.444. The van der Waals surface area contributed by atoms with Gasteiger partial charge in [0.2, 0.25) is 0 Å². The van der Waals surface area contributed by atoms with Gasteiger partial charge in [0.05, 0.1) is 24.3 Å². The molecule has 1 rings (SSSR count). The number of carbonyl (C=O) groups is 2. The number of hydrogen-bond donors (Lipinski definition) is 2. The predicted octanol–water partition coefficient (Wildman–Crippen LogP) is 7.62. The number of nitrogens with one attached hydrogen (secondary N) is 2. The van der Waals surface area contributed by atoms with Gasteiger partial charge in [-0.3, -0.25) is 10.9 Å². The van der Waals surface area contributed by atoms with Crippen LogP contribution in [0.2, 0.25) is 0 Å². The van der Waals surface area contributed by atoms with Crippen molar-refractivity contribution >= 4 is 11.9 Å². The summed E-state index contributed by atoms with van der Waals surface area (Å²) < 4.78 is 10.7. The number of hydrazine groups is 1. The molecule has 208 valence electrons. The van der Waals surface area contributed by atoms with E-state index in [0.717, 1.165) is 25.7 Å². The molecule has 0 atom stereocenters. The Morgan fingerprint density at radius 3 is 1.28 bits per heavy atom.